The van der Waals surface area contributed by atoms with E-state index in [0.29, 0.717) is 18.5 Å². The van der Waals surface area contributed by atoms with E-state index in [-0.39, 0.29) is 5.91 Å². The van der Waals surface area contributed by atoms with Crippen LogP contribution >= 0.6 is 22.9 Å². The monoisotopic (exact) mass is 327 g/mol. The van der Waals surface area contributed by atoms with Gasteiger partial charge in [0.2, 0.25) is 0 Å². The maximum Gasteiger partial charge on any atom is 0.264 e. The molecule has 0 spiro atoms. The number of hydrogen-bond acceptors (Lipinski definition) is 2. The van der Waals surface area contributed by atoms with Crippen molar-refractivity contribution < 1.29 is 4.79 Å². The fourth-order valence-corrected chi connectivity index (χ4v) is 4.58. The highest BCUT2D eigenvalue weighted by Crippen LogP contribution is 2.30. The zero-order valence-electron chi connectivity index (χ0n) is 13.2. The second-order valence-electron chi connectivity index (χ2n) is 5.78. The molecule has 1 aromatic heterocycles. The Hall–Kier alpha value is -0.540. The minimum atomic E-state index is 0.183. The first-order valence-corrected chi connectivity index (χ1v) is 9.54. The predicted molar refractivity (Wildman–Crippen MR) is 91.7 cm³/mol. The van der Waals surface area contributed by atoms with Crippen molar-refractivity contribution in [1.82, 2.24) is 4.90 Å². The second kappa shape index (κ2) is 8.19. The molecule has 4 heteroatoms. The Morgan fingerprint density at radius 1 is 1.29 bits per heavy atom. The fourth-order valence-electron chi connectivity index (χ4n) is 3.18. The van der Waals surface area contributed by atoms with E-state index in [1.54, 1.807) is 11.3 Å². The van der Waals surface area contributed by atoms with E-state index >= 15 is 0 Å². The van der Waals surface area contributed by atoms with Crippen molar-refractivity contribution in [1.29, 1.82) is 0 Å². The van der Waals surface area contributed by atoms with E-state index in [1.165, 1.54) is 29.7 Å². The summed E-state index contributed by atoms with van der Waals surface area (Å²) in [6.45, 7) is 4.94. The third kappa shape index (κ3) is 4.01. The summed E-state index contributed by atoms with van der Waals surface area (Å²) in [6.07, 6.45) is 8.10. The molecule has 118 valence electrons. The molecule has 0 aromatic carbocycles. The Morgan fingerprint density at radius 3 is 2.67 bits per heavy atom. The smallest absolute Gasteiger partial charge is 0.264 e. The largest absolute Gasteiger partial charge is 0.334 e. The Kier molecular flexibility index (Phi) is 6.56. The van der Waals surface area contributed by atoms with Gasteiger partial charge in [0, 0.05) is 23.3 Å². The fraction of sp³-hybridized carbons (Fsp3) is 0.706. The van der Waals surface area contributed by atoms with Crippen LogP contribution < -0.4 is 0 Å². The van der Waals surface area contributed by atoms with Gasteiger partial charge in [-0.25, -0.2) is 0 Å². The molecule has 0 saturated heterocycles. The van der Waals surface area contributed by atoms with E-state index in [4.69, 9.17) is 11.6 Å². The molecule has 0 atom stereocenters. The molecule has 0 saturated carbocycles. The number of halogens is 1. The van der Waals surface area contributed by atoms with Gasteiger partial charge in [0.25, 0.3) is 5.91 Å². The first-order valence-electron chi connectivity index (χ1n) is 8.19. The van der Waals surface area contributed by atoms with Gasteiger partial charge in [-0.05, 0) is 50.2 Å². The first kappa shape index (κ1) is 16.8. The van der Waals surface area contributed by atoms with Gasteiger partial charge in [0.05, 0.1) is 4.88 Å². The molecular formula is C17H26ClNOS. The molecule has 1 aliphatic rings. The van der Waals surface area contributed by atoms with Crippen LogP contribution in [-0.4, -0.2) is 29.3 Å². The summed E-state index contributed by atoms with van der Waals surface area (Å²) in [7, 11) is 0. The summed E-state index contributed by atoms with van der Waals surface area (Å²) in [4.78, 5) is 17.2. The number of hydrogen-bond donors (Lipinski definition) is 0. The molecule has 2 nitrogen and oxygen atoms in total. The molecule has 0 N–H and O–H groups in total. The van der Waals surface area contributed by atoms with Crippen molar-refractivity contribution in [3.63, 3.8) is 0 Å². The summed E-state index contributed by atoms with van der Waals surface area (Å²) < 4.78 is 0. The molecule has 1 aliphatic carbocycles. The molecule has 0 bridgehead atoms. The summed E-state index contributed by atoms with van der Waals surface area (Å²) >= 11 is 7.63. The summed E-state index contributed by atoms with van der Waals surface area (Å²) in [5.74, 6) is 0.690. The summed E-state index contributed by atoms with van der Waals surface area (Å²) in [5, 5.41) is 0. The van der Waals surface area contributed by atoms with Crippen LogP contribution in [0.4, 0.5) is 0 Å². The third-order valence-corrected chi connectivity index (χ3v) is 5.82. The number of alkyl halides is 1. The molecule has 1 heterocycles. The van der Waals surface area contributed by atoms with Crippen LogP contribution in [0.5, 0.6) is 0 Å². The zero-order valence-corrected chi connectivity index (χ0v) is 14.7. The summed E-state index contributed by atoms with van der Waals surface area (Å²) in [6, 6.07) is 2.45. The lowest BCUT2D eigenvalue weighted by Gasteiger charge is -2.29. The average molecular weight is 328 g/mol. The maximum absolute atomic E-state index is 12.9. The van der Waals surface area contributed by atoms with Gasteiger partial charge in [0.1, 0.15) is 0 Å². The number of carbonyl (C=O) groups is 1. The normalized spacial score (nSPS) is 14.9. The standard InChI is InChI=1S/C17H26ClNOS/c1-3-14(4-2)19(11-10-18)17(20)16-12-13-8-6-5-7-9-15(13)21-16/h12,14H,3-11H2,1-2H3. The Labute approximate surface area is 137 Å². The minimum absolute atomic E-state index is 0.183. The predicted octanol–water partition coefficient (Wildman–Crippen LogP) is 4.89. The number of carbonyl (C=O) groups excluding carboxylic acids is 1. The molecule has 21 heavy (non-hydrogen) atoms. The van der Waals surface area contributed by atoms with Crippen LogP contribution in [0.3, 0.4) is 0 Å². The van der Waals surface area contributed by atoms with Gasteiger partial charge >= 0.3 is 0 Å². The topological polar surface area (TPSA) is 20.3 Å². The highest BCUT2D eigenvalue weighted by Gasteiger charge is 2.24. The number of aryl methyl sites for hydroxylation is 2. The average Bonchev–Trinajstić information content (AvgIpc) is 2.78. The highest BCUT2D eigenvalue weighted by atomic mass is 35.5. The molecule has 2 rings (SSSR count). The molecule has 1 amide bonds. The number of rotatable bonds is 6. The number of fused-ring (bicyclic) bond motifs is 1. The minimum Gasteiger partial charge on any atom is -0.334 e. The third-order valence-electron chi connectivity index (χ3n) is 4.43. The zero-order chi connectivity index (χ0) is 15.2. The van der Waals surface area contributed by atoms with E-state index in [1.807, 2.05) is 4.90 Å². The van der Waals surface area contributed by atoms with Crippen molar-refractivity contribution >= 4 is 28.8 Å². The van der Waals surface area contributed by atoms with E-state index < -0.39 is 0 Å². The van der Waals surface area contributed by atoms with Crippen molar-refractivity contribution in [3.05, 3.63) is 21.4 Å². The Morgan fingerprint density at radius 2 is 2.00 bits per heavy atom. The number of thiophene rings is 1. The lowest BCUT2D eigenvalue weighted by Crippen LogP contribution is -2.40. The van der Waals surface area contributed by atoms with Crippen LogP contribution in [0.25, 0.3) is 0 Å². The van der Waals surface area contributed by atoms with E-state index in [2.05, 4.69) is 19.9 Å². The lowest BCUT2D eigenvalue weighted by molar-refractivity contribution is 0.0686. The van der Waals surface area contributed by atoms with Crippen molar-refractivity contribution in [3.8, 4) is 0 Å². The van der Waals surface area contributed by atoms with Crippen LogP contribution in [0.1, 0.15) is 66.1 Å². The lowest BCUT2D eigenvalue weighted by atomic mass is 10.1. The molecule has 0 radical (unpaired) electrons. The summed E-state index contributed by atoms with van der Waals surface area (Å²) in [5.41, 5.74) is 1.41. The van der Waals surface area contributed by atoms with Crippen molar-refractivity contribution in [2.45, 2.75) is 64.8 Å². The van der Waals surface area contributed by atoms with Crippen LogP contribution in [0.2, 0.25) is 0 Å². The van der Waals surface area contributed by atoms with Gasteiger partial charge in [-0.2, -0.15) is 0 Å². The molecule has 0 aliphatic heterocycles. The van der Waals surface area contributed by atoms with E-state index in [9.17, 15) is 4.79 Å². The first-order chi connectivity index (χ1) is 10.2. The maximum atomic E-state index is 12.9. The number of amides is 1. The van der Waals surface area contributed by atoms with E-state index in [0.717, 1.165) is 30.6 Å². The molecule has 0 unspecified atom stereocenters. The van der Waals surface area contributed by atoms with Gasteiger partial charge in [-0.3, -0.25) is 4.79 Å². The van der Waals surface area contributed by atoms with Gasteiger partial charge < -0.3 is 4.90 Å². The number of nitrogens with zero attached hydrogens (tertiary/aromatic N) is 1. The SMILES string of the molecule is CCC(CC)N(CCCl)C(=O)c1cc2c(s1)CCCCC2. The van der Waals surface area contributed by atoms with Gasteiger partial charge in [-0.1, -0.05) is 20.3 Å². The van der Waals surface area contributed by atoms with Crippen LogP contribution in [0, 0.1) is 0 Å². The molecular weight excluding hydrogens is 302 g/mol. The van der Waals surface area contributed by atoms with Gasteiger partial charge in [0.15, 0.2) is 0 Å². The molecule has 1 aromatic rings. The highest BCUT2D eigenvalue weighted by molar-refractivity contribution is 7.14. The van der Waals surface area contributed by atoms with Crippen molar-refractivity contribution in [2.75, 3.05) is 12.4 Å². The van der Waals surface area contributed by atoms with Gasteiger partial charge in [-0.15, -0.1) is 22.9 Å². The Balaban J connectivity index is 2.20. The van der Waals surface area contributed by atoms with Crippen LogP contribution in [-0.2, 0) is 12.8 Å². The quantitative estimate of drug-likeness (QED) is 0.538. The second-order valence-corrected chi connectivity index (χ2v) is 7.29. The van der Waals surface area contributed by atoms with Crippen molar-refractivity contribution in [2.24, 2.45) is 0 Å². The van der Waals surface area contributed by atoms with Crippen LogP contribution in [0.15, 0.2) is 6.07 Å². The molecule has 0 fully saturated rings. The Bertz CT molecular complexity index is 444.